The first-order chi connectivity index (χ1) is 19.8. The fourth-order valence-corrected chi connectivity index (χ4v) is 6.49. The Morgan fingerprint density at radius 1 is 1.20 bits per heavy atom. The molecule has 2 aliphatic rings. The molecule has 0 spiro atoms. The van der Waals surface area contributed by atoms with Crippen molar-refractivity contribution in [1.82, 2.24) is 29.8 Å². The lowest BCUT2D eigenvalue weighted by Gasteiger charge is -2.38. The van der Waals surface area contributed by atoms with Crippen LogP contribution >= 0.6 is 22.9 Å². The van der Waals surface area contributed by atoms with Crippen molar-refractivity contribution in [3.05, 3.63) is 57.8 Å². The third kappa shape index (κ3) is 5.63. The van der Waals surface area contributed by atoms with Gasteiger partial charge in [0.1, 0.15) is 11.2 Å². The summed E-state index contributed by atoms with van der Waals surface area (Å²) >= 11 is 7.51. The van der Waals surface area contributed by atoms with Crippen LogP contribution < -0.4 is 5.32 Å². The van der Waals surface area contributed by atoms with Crippen LogP contribution in [0.1, 0.15) is 53.4 Å². The Balaban J connectivity index is 1.32. The van der Waals surface area contributed by atoms with Crippen molar-refractivity contribution in [2.24, 2.45) is 0 Å². The van der Waals surface area contributed by atoms with Crippen LogP contribution in [0.4, 0.5) is 0 Å². The molecule has 0 unspecified atom stereocenters. The average Bonchev–Trinajstić information content (AvgIpc) is 3.67. The van der Waals surface area contributed by atoms with Crippen molar-refractivity contribution < 1.29 is 18.8 Å². The fourth-order valence-electron chi connectivity index (χ4n) is 5.50. The number of rotatable bonds is 8. The number of amides is 2. The van der Waals surface area contributed by atoms with Gasteiger partial charge < -0.3 is 28.9 Å². The highest BCUT2D eigenvalue weighted by Crippen LogP contribution is 2.32. The number of halogens is 1. The molecular weight excluding hydrogens is 564 g/mol. The van der Waals surface area contributed by atoms with Crippen molar-refractivity contribution in [3.63, 3.8) is 0 Å². The van der Waals surface area contributed by atoms with Gasteiger partial charge in [0, 0.05) is 51.4 Å². The SMILES string of the molecule is COC1CN(C(=O)c2cccc3c2nc(C(=O)NC2CCN(C(C)C)CC2)n3Cc2cc(-c3ccc(Cl)s3)on2)C1. The molecule has 6 rings (SSSR count). The molecule has 1 N–H and O–H groups in total. The van der Waals surface area contributed by atoms with E-state index in [1.54, 1.807) is 18.1 Å². The highest BCUT2D eigenvalue weighted by atomic mass is 35.5. The summed E-state index contributed by atoms with van der Waals surface area (Å²) in [5.41, 5.74) is 2.27. The predicted octanol–water partition coefficient (Wildman–Crippen LogP) is 4.53. The molecule has 2 amide bonds. The monoisotopic (exact) mass is 596 g/mol. The number of fused-ring (bicyclic) bond motifs is 1. The van der Waals surface area contributed by atoms with E-state index < -0.39 is 0 Å². The van der Waals surface area contributed by atoms with Crippen LogP contribution in [0.15, 0.2) is 40.9 Å². The first-order valence-corrected chi connectivity index (χ1v) is 15.1. The highest BCUT2D eigenvalue weighted by molar-refractivity contribution is 7.19. The summed E-state index contributed by atoms with van der Waals surface area (Å²) in [5.74, 6) is 0.457. The number of imidazole rings is 1. The summed E-state index contributed by atoms with van der Waals surface area (Å²) in [6.45, 7) is 7.57. The second-order valence-electron chi connectivity index (χ2n) is 10.9. The molecule has 10 nitrogen and oxygen atoms in total. The van der Waals surface area contributed by atoms with Crippen LogP contribution in [0.25, 0.3) is 21.7 Å². The van der Waals surface area contributed by atoms with Crippen molar-refractivity contribution in [2.75, 3.05) is 33.3 Å². The first kappa shape index (κ1) is 27.9. The second-order valence-corrected chi connectivity index (χ2v) is 12.6. The Kier molecular flexibility index (Phi) is 7.86. The lowest BCUT2D eigenvalue weighted by Crippen LogP contribution is -2.54. The molecule has 216 valence electrons. The number of benzene rings is 1. The van der Waals surface area contributed by atoms with E-state index in [2.05, 4.69) is 29.2 Å². The molecular formula is C29H33ClN6O4S. The van der Waals surface area contributed by atoms with Crippen LogP contribution in [-0.4, -0.2) is 87.8 Å². The van der Waals surface area contributed by atoms with Gasteiger partial charge in [0.2, 0.25) is 0 Å². The predicted molar refractivity (Wildman–Crippen MR) is 158 cm³/mol. The number of para-hydroxylation sites is 1. The van der Waals surface area contributed by atoms with Gasteiger partial charge in [0.05, 0.1) is 32.9 Å². The molecule has 2 fully saturated rings. The van der Waals surface area contributed by atoms with E-state index in [0.717, 1.165) is 30.8 Å². The molecule has 4 aromatic rings. The van der Waals surface area contributed by atoms with Crippen molar-refractivity contribution in [2.45, 2.75) is 51.4 Å². The van der Waals surface area contributed by atoms with Crippen molar-refractivity contribution in [1.29, 1.82) is 0 Å². The number of thiophene rings is 1. The number of aromatic nitrogens is 3. The molecule has 0 radical (unpaired) electrons. The van der Waals surface area contributed by atoms with E-state index >= 15 is 0 Å². The summed E-state index contributed by atoms with van der Waals surface area (Å²) in [7, 11) is 1.65. The van der Waals surface area contributed by atoms with E-state index in [4.69, 9.17) is 25.8 Å². The minimum absolute atomic E-state index is 0.0405. The van der Waals surface area contributed by atoms with E-state index in [0.29, 0.717) is 51.5 Å². The third-order valence-corrected chi connectivity index (χ3v) is 9.22. The van der Waals surface area contributed by atoms with E-state index in [1.807, 2.05) is 34.9 Å². The minimum atomic E-state index is -0.264. The molecule has 3 aromatic heterocycles. The summed E-state index contributed by atoms with van der Waals surface area (Å²) < 4.78 is 13.4. The minimum Gasteiger partial charge on any atom is -0.378 e. The third-order valence-electron chi connectivity index (χ3n) is 7.97. The van der Waals surface area contributed by atoms with Gasteiger partial charge in [-0.05, 0) is 51.0 Å². The first-order valence-electron chi connectivity index (χ1n) is 13.9. The molecule has 5 heterocycles. The van der Waals surface area contributed by atoms with E-state index in [-0.39, 0.29) is 36.3 Å². The molecule has 1 aromatic carbocycles. The summed E-state index contributed by atoms with van der Waals surface area (Å²) in [4.78, 5) is 36.9. The maximum absolute atomic E-state index is 13.7. The number of piperidine rings is 1. The topological polar surface area (TPSA) is 106 Å². The van der Waals surface area contributed by atoms with Gasteiger partial charge in [-0.25, -0.2) is 4.98 Å². The number of hydrogen-bond acceptors (Lipinski definition) is 8. The normalized spacial score (nSPS) is 17.0. The molecule has 0 saturated carbocycles. The Morgan fingerprint density at radius 2 is 1.98 bits per heavy atom. The Labute approximate surface area is 247 Å². The van der Waals surface area contributed by atoms with Gasteiger partial charge >= 0.3 is 0 Å². The maximum Gasteiger partial charge on any atom is 0.287 e. The van der Waals surface area contributed by atoms with Gasteiger partial charge in [-0.3, -0.25) is 9.59 Å². The smallest absolute Gasteiger partial charge is 0.287 e. The zero-order chi connectivity index (χ0) is 28.7. The van der Waals surface area contributed by atoms with Crippen LogP contribution in [0, 0.1) is 0 Å². The molecule has 12 heteroatoms. The lowest BCUT2D eigenvalue weighted by atomic mass is 10.0. The molecule has 41 heavy (non-hydrogen) atoms. The highest BCUT2D eigenvalue weighted by Gasteiger charge is 2.33. The number of methoxy groups -OCH3 is 1. The molecule has 0 atom stereocenters. The zero-order valence-corrected chi connectivity index (χ0v) is 24.9. The molecule has 2 saturated heterocycles. The lowest BCUT2D eigenvalue weighted by molar-refractivity contribution is -0.0191. The number of carbonyl (C=O) groups is 2. The summed E-state index contributed by atoms with van der Waals surface area (Å²) in [6.07, 6.45) is 1.79. The van der Waals surface area contributed by atoms with Gasteiger partial charge in [0.15, 0.2) is 11.6 Å². The average molecular weight is 597 g/mol. The molecule has 0 aliphatic carbocycles. The largest absolute Gasteiger partial charge is 0.378 e. The van der Waals surface area contributed by atoms with Crippen LogP contribution in [0.2, 0.25) is 4.34 Å². The standard InChI is InChI=1S/C29H33ClN6O4S/c1-17(2)34-11-9-18(10-12-34)31-28(37)27-32-26-21(29(38)35-15-20(16-35)39-3)5-4-6-22(26)36(27)14-19-13-23(40-33-19)24-7-8-25(30)41-24/h4-8,13,17-18,20H,9-12,14-16H2,1-3H3,(H,31,37). The van der Waals surface area contributed by atoms with Gasteiger partial charge in [-0.1, -0.05) is 22.8 Å². The number of ether oxygens (including phenoxy) is 1. The Morgan fingerprint density at radius 3 is 2.66 bits per heavy atom. The van der Waals surface area contributed by atoms with Crippen LogP contribution in [0.3, 0.4) is 0 Å². The Hall–Kier alpha value is -3.25. The van der Waals surface area contributed by atoms with E-state index in [1.165, 1.54) is 11.3 Å². The number of nitrogens with one attached hydrogen (secondary N) is 1. The molecule has 2 aliphatic heterocycles. The van der Waals surface area contributed by atoms with Crippen LogP contribution in [-0.2, 0) is 11.3 Å². The van der Waals surface area contributed by atoms with Crippen LogP contribution in [0.5, 0.6) is 0 Å². The maximum atomic E-state index is 13.7. The second kappa shape index (κ2) is 11.6. The van der Waals surface area contributed by atoms with Gasteiger partial charge in [0.25, 0.3) is 11.8 Å². The van der Waals surface area contributed by atoms with Gasteiger partial charge in [-0.15, -0.1) is 11.3 Å². The fraction of sp³-hybridized carbons (Fsp3) is 0.448. The number of likely N-dealkylation sites (tertiary alicyclic amines) is 2. The van der Waals surface area contributed by atoms with Crippen molar-refractivity contribution >= 4 is 45.8 Å². The Bertz CT molecular complexity index is 1560. The quantitative estimate of drug-likeness (QED) is 0.319. The number of carbonyl (C=O) groups excluding carboxylic acids is 2. The number of hydrogen-bond donors (Lipinski definition) is 1. The summed E-state index contributed by atoms with van der Waals surface area (Å²) in [6, 6.07) is 11.5. The van der Waals surface area contributed by atoms with E-state index in [9.17, 15) is 9.59 Å². The van der Waals surface area contributed by atoms with Crippen molar-refractivity contribution in [3.8, 4) is 10.6 Å². The molecule has 0 bridgehead atoms. The number of nitrogens with zero attached hydrogens (tertiary/aromatic N) is 5. The van der Waals surface area contributed by atoms with Gasteiger partial charge in [-0.2, -0.15) is 0 Å². The zero-order valence-electron chi connectivity index (χ0n) is 23.3. The summed E-state index contributed by atoms with van der Waals surface area (Å²) in [5, 5.41) is 7.47.